The Hall–Kier alpha value is -3.81. The summed E-state index contributed by atoms with van der Waals surface area (Å²) in [4.78, 5) is 20.2. The zero-order valence-electron chi connectivity index (χ0n) is 14.9. The number of hydrogen-bond acceptors (Lipinski definition) is 6. The molecule has 0 amide bonds. The molecule has 0 atom stereocenters. The van der Waals surface area contributed by atoms with Crippen LogP contribution in [0.15, 0.2) is 61.1 Å². The number of hydrogen-bond donors (Lipinski definition) is 0. The Morgan fingerprint density at radius 3 is 2.54 bits per heavy atom. The molecule has 4 aromatic rings. The van der Waals surface area contributed by atoms with E-state index in [2.05, 4.69) is 15.1 Å². The molecule has 2 heterocycles. The first-order chi connectivity index (χ1) is 13.7. The van der Waals surface area contributed by atoms with Crippen molar-refractivity contribution in [3.8, 4) is 17.3 Å². The summed E-state index contributed by atoms with van der Waals surface area (Å²) in [5.41, 5.74) is 1.63. The van der Waals surface area contributed by atoms with Crippen molar-refractivity contribution >= 4 is 17.0 Å². The highest BCUT2D eigenvalue weighted by Crippen LogP contribution is 2.28. The Bertz CT molecular complexity index is 1120. The van der Waals surface area contributed by atoms with Crippen LogP contribution in [-0.2, 0) is 4.74 Å². The topological polar surface area (TPSA) is 79.1 Å². The average Bonchev–Trinajstić information content (AvgIpc) is 3.14. The van der Waals surface area contributed by atoms with Crippen molar-refractivity contribution in [3.63, 3.8) is 0 Å². The van der Waals surface area contributed by atoms with Gasteiger partial charge in [0.25, 0.3) is 0 Å². The fraction of sp³-hybridized carbons (Fsp3) is 0.100. The highest BCUT2D eigenvalue weighted by atomic mass is 19.1. The third-order valence-corrected chi connectivity index (χ3v) is 3.98. The third kappa shape index (κ3) is 3.39. The fourth-order valence-electron chi connectivity index (χ4n) is 2.66. The monoisotopic (exact) mass is 378 g/mol. The Balaban J connectivity index is 1.63. The van der Waals surface area contributed by atoms with Gasteiger partial charge in [-0.05, 0) is 55.5 Å². The van der Waals surface area contributed by atoms with Crippen molar-refractivity contribution in [2.45, 2.75) is 6.92 Å². The molecule has 0 radical (unpaired) electrons. The van der Waals surface area contributed by atoms with E-state index >= 15 is 0 Å². The molecule has 28 heavy (non-hydrogen) atoms. The summed E-state index contributed by atoms with van der Waals surface area (Å²) < 4.78 is 25.5. The van der Waals surface area contributed by atoms with Crippen LogP contribution in [0.25, 0.3) is 16.7 Å². The number of ether oxygens (including phenoxy) is 2. The largest absolute Gasteiger partial charge is 0.462 e. The van der Waals surface area contributed by atoms with Gasteiger partial charge in [-0.3, -0.25) is 0 Å². The predicted molar refractivity (Wildman–Crippen MR) is 99.1 cm³/mol. The minimum absolute atomic E-state index is 0.314. The summed E-state index contributed by atoms with van der Waals surface area (Å²) in [6.07, 6.45) is 2.95. The Kier molecular flexibility index (Phi) is 4.67. The van der Waals surface area contributed by atoms with Crippen LogP contribution in [-0.4, -0.2) is 32.3 Å². The van der Waals surface area contributed by atoms with Gasteiger partial charge in [0.2, 0.25) is 5.88 Å². The molecule has 0 bridgehead atoms. The van der Waals surface area contributed by atoms with E-state index in [0.29, 0.717) is 40.5 Å². The first kappa shape index (κ1) is 17.6. The molecule has 0 saturated carbocycles. The molecule has 7 nitrogen and oxygen atoms in total. The lowest BCUT2D eigenvalue weighted by atomic mass is 10.2. The molecule has 8 heteroatoms. The summed E-state index contributed by atoms with van der Waals surface area (Å²) >= 11 is 0. The highest BCUT2D eigenvalue weighted by Gasteiger charge is 2.13. The summed E-state index contributed by atoms with van der Waals surface area (Å²) in [5.74, 6) is 0.106. The summed E-state index contributed by atoms with van der Waals surface area (Å²) in [6.45, 7) is 2.07. The second kappa shape index (κ2) is 7.43. The molecule has 2 aromatic heterocycles. The van der Waals surface area contributed by atoms with Crippen molar-refractivity contribution in [3.05, 3.63) is 72.4 Å². The van der Waals surface area contributed by atoms with Crippen LogP contribution in [0.1, 0.15) is 17.3 Å². The van der Waals surface area contributed by atoms with E-state index in [9.17, 15) is 9.18 Å². The number of carbonyl (C=O) groups excluding carboxylic acids is 1. The van der Waals surface area contributed by atoms with Crippen LogP contribution in [0, 0.1) is 5.82 Å². The molecule has 0 aliphatic carbocycles. The smallest absolute Gasteiger partial charge is 0.338 e. The number of nitrogens with zero attached hydrogens (tertiary/aromatic N) is 4. The van der Waals surface area contributed by atoms with Gasteiger partial charge in [0.05, 0.1) is 24.1 Å². The van der Waals surface area contributed by atoms with Gasteiger partial charge in [-0.25, -0.2) is 23.8 Å². The molecule has 0 aliphatic heterocycles. The van der Waals surface area contributed by atoms with E-state index in [1.54, 1.807) is 54.2 Å². The SMILES string of the molecule is CCOC(=O)c1ccc(Oc2ncnc3c2cnn3-c2ccc(F)cc2)cc1. The molecule has 4 rings (SSSR count). The lowest BCUT2D eigenvalue weighted by Crippen LogP contribution is -2.04. The van der Waals surface area contributed by atoms with E-state index < -0.39 is 0 Å². The van der Waals surface area contributed by atoms with Gasteiger partial charge in [-0.2, -0.15) is 5.10 Å². The number of rotatable bonds is 5. The van der Waals surface area contributed by atoms with Gasteiger partial charge in [0.1, 0.15) is 23.3 Å². The molecule has 0 fully saturated rings. The van der Waals surface area contributed by atoms with Gasteiger partial charge in [-0.15, -0.1) is 0 Å². The van der Waals surface area contributed by atoms with Crippen LogP contribution in [0.2, 0.25) is 0 Å². The molecule has 0 N–H and O–H groups in total. The zero-order chi connectivity index (χ0) is 19.5. The van der Waals surface area contributed by atoms with Gasteiger partial charge >= 0.3 is 5.97 Å². The quantitative estimate of drug-likeness (QED) is 0.490. The van der Waals surface area contributed by atoms with Crippen molar-refractivity contribution < 1.29 is 18.7 Å². The number of esters is 1. The molecular weight excluding hydrogens is 363 g/mol. The molecule has 140 valence electrons. The third-order valence-electron chi connectivity index (χ3n) is 3.98. The van der Waals surface area contributed by atoms with Gasteiger partial charge in [-0.1, -0.05) is 0 Å². The van der Waals surface area contributed by atoms with E-state index in [1.165, 1.54) is 18.5 Å². The molecule has 2 aromatic carbocycles. The van der Waals surface area contributed by atoms with Gasteiger partial charge in [0.15, 0.2) is 5.65 Å². The van der Waals surface area contributed by atoms with Crippen LogP contribution in [0.3, 0.4) is 0 Å². The van der Waals surface area contributed by atoms with E-state index in [-0.39, 0.29) is 11.8 Å². The van der Waals surface area contributed by atoms with Crippen LogP contribution < -0.4 is 4.74 Å². The maximum atomic E-state index is 13.2. The maximum Gasteiger partial charge on any atom is 0.338 e. The standard InChI is InChI=1S/C20H15FN4O3/c1-2-27-20(26)13-3-9-16(10-4-13)28-19-17-11-24-25(18(17)22-12-23-19)15-7-5-14(21)6-8-15/h3-12H,2H2,1H3. The lowest BCUT2D eigenvalue weighted by Gasteiger charge is -2.07. The van der Waals surface area contributed by atoms with E-state index in [0.717, 1.165) is 0 Å². The number of benzene rings is 2. The highest BCUT2D eigenvalue weighted by molar-refractivity contribution is 5.89. The summed E-state index contributed by atoms with van der Waals surface area (Å²) in [5, 5.41) is 4.90. The number of carbonyl (C=O) groups is 1. The molecule has 0 unspecified atom stereocenters. The second-order valence-corrected chi connectivity index (χ2v) is 5.80. The van der Waals surface area contributed by atoms with Crippen molar-refractivity contribution in [1.82, 2.24) is 19.7 Å². The predicted octanol–water partition coefficient (Wildman–Crippen LogP) is 3.92. The summed E-state index contributed by atoms with van der Waals surface area (Å²) in [7, 11) is 0. The normalized spacial score (nSPS) is 10.8. The van der Waals surface area contributed by atoms with Gasteiger partial charge < -0.3 is 9.47 Å². The minimum Gasteiger partial charge on any atom is -0.462 e. The van der Waals surface area contributed by atoms with E-state index in [1.807, 2.05) is 0 Å². The van der Waals surface area contributed by atoms with Gasteiger partial charge in [0, 0.05) is 0 Å². The first-order valence-electron chi connectivity index (χ1n) is 8.55. The van der Waals surface area contributed by atoms with Crippen LogP contribution in [0.5, 0.6) is 11.6 Å². The van der Waals surface area contributed by atoms with E-state index in [4.69, 9.17) is 9.47 Å². The lowest BCUT2D eigenvalue weighted by molar-refractivity contribution is 0.0526. The second-order valence-electron chi connectivity index (χ2n) is 5.80. The van der Waals surface area contributed by atoms with Crippen molar-refractivity contribution in [2.75, 3.05) is 6.61 Å². The molecule has 0 aliphatic rings. The van der Waals surface area contributed by atoms with Crippen LogP contribution in [0.4, 0.5) is 4.39 Å². The van der Waals surface area contributed by atoms with Crippen molar-refractivity contribution in [1.29, 1.82) is 0 Å². The van der Waals surface area contributed by atoms with Crippen LogP contribution >= 0.6 is 0 Å². The first-order valence-corrected chi connectivity index (χ1v) is 8.55. The van der Waals surface area contributed by atoms with Crippen molar-refractivity contribution in [2.24, 2.45) is 0 Å². The number of halogens is 1. The molecular formula is C20H15FN4O3. The minimum atomic E-state index is -0.390. The Morgan fingerprint density at radius 2 is 1.82 bits per heavy atom. The Labute approximate surface area is 159 Å². The Morgan fingerprint density at radius 1 is 1.07 bits per heavy atom. The fourth-order valence-corrected chi connectivity index (χ4v) is 2.66. The zero-order valence-corrected chi connectivity index (χ0v) is 14.9. The average molecular weight is 378 g/mol. The molecule has 0 saturated heterocycles. The summed E-state index contributed by atoms with van der Waals surface area (Å²) in [6, 6.07) is 12.5. The number of aromatic nitrogens is 4. The maximum absolute atomic E-state index is 13.2. The number of fused-ring (bicyclic) bond motifs is 1. The molecule has 0 spiro atoms.